The highest BCUT2D eigenvalue weighted by molar-refractivity contribution is 5.31. The predicted octanol–water partition coefficient (Wildman–Crippen LogP) is 1.72. The average molecular weight is 303 g/mol. The summed E-state index contributed by atoms with van der Waals surface area (Å²) in [6.07, 6.45) is 2.43. The van der Waals surface area contributed by atoms with Crippen molar-refractivity contribution in [1.29, 1.82) is 0 Å². The molecular weight excluding hydrogens is 282 g/mol. The molecule has 118 valence electrons. The van der Waals surface area contributed by atoms with Crippen LogP contribution in [0.5, 0.6) is 5.88 Å². The van der Waals surface area contributed by atoms with Crippen LogP contribution in [0.3, 0.4) is 0 Å². The van der Waals surface area contributed by atoms with Gasteiger partial charge in [-0.1, -0.05) is 25.9 Å². The van der Waals surface area contributed by atoms with Crippen LogP contribution in [-0.2, 0) is 24.9 Å². The Kier molecular flexibility index (Phi) is 3.82. The molecule has 1 aliphatic heterocycles. The topological polar surface area (TPSA) is 77.2 Å². The summed E-state index contributed by atoms with van der Waals surface area (Å²) in [6, 6.07) is 0. The van der Waals surface area contributed by atoms with Crippen LogP contribution in [-0.4, -0.2) is 38.7 Å². The molecule has 7 nitrogen and oxygen atoms in total. The lowest BCUT2D eigenvalue weighted by atomic mass is 9.97. The second-order valence-electron chi connectivity index (χ2n) is 6.53. The third-order valence-electron chi connectivity index (χ3n) is 3.71. The maximum Gasteiger partial charge on any atom is 0.232 e. The molecule has 0 aliphatic carbocycles. The first-order chi connectivity index (χ1) is 10.5. The van der Waals surface area contributed by atoms with Crippen LogP contribution in [0.1, 0.15) is 43.7 Å². The highest BCUT2D eigenvalue weighted by atomic mass is 16.5. The van der Waals surface area contributed by atoms with Gasteiger partial charge in [0, 0.05) is 30.5 Å². The van der Waals surface area contributed by atoms with Crippen LogP contribution in [0.4, 0.5) is 0 Å². The maximum atomic E-state index is 5.35. The van der Waals surface area contributed by atoms with E-state index >= 15 is 0 Å². The highest BCUT2D eigenvalue weighted by Gasteiger charge is 2.25. The third-order valence-corrected chi connectivity index (χ3v) is 3.71. The van der Waals surface area contributed by atoms with Gasteiger partial charge in [-0.2, -0.15) is 4.98 Å². The smallest absolute Gasteiger partial charge is 0.232 e. The normalized spacial score (nSPS) is 15.6. The number of rotatable bonds is 3. The molecule has 0 saturated carbocycles. The van der Waals surface area contributed by atoms with Gasteiger partial charge in [0.25, 0.3) is 0 Å². The van der Waals surface area contributed by atoms with Gasteiger partial charge in [-0.3, -0.25) is 4.90 Å². The molecule has 0 bridgehead atoms. The maximum absolute atomic E-state index is 5.35. The molecule has 2 aromatic heterocycles. The first-order valence-corrected chi connectivity index (χ1v) is 7.39. The minimum Gasteiger partial charge on any atom is -0.481 e. The summed E-state index contributed by atoms with van der Waals surface area (Å²) in [5, 5.41) is 4.09. The van der Waals surface area contributed by atoms with E-state index < -0.39 is 0 Å². The number of methoxy groups -OCH3 is 1. The average Bonchev–Trinajstić information content (AvgIpc) is 2.95. The summed E-state index contributed by atoms with van der Waals surface area (Å²) in [7, 11) is 1.64. The van der Waals surface area contributed by atoms with Crippen LogP contribution in [0.2, 0.25) is 0 Å². The molecule has 0 aromatic carbocycles. The SMILES string of the molecule is COc1ncnc2c1CN(Cc1noc(C(C)(C)C)n1)CC2. The summed E-state index contributed by atoms with van der Waals surface area (Å²) < 4.78 is 10.7. The Morgan fingerprint density at radius 3 is 2.82 bits per heavy atom. The van der Waals surface area contributed by atoms with Crippen LogP contribution in [0, 0.1) is 0 Å². The monoisotopic (exact) mass is 303 g/mol. The van der Waals surface area contributed by atoms with Gasteiger partial charge in [0.15, 0.2) is 5.82 Å². The van der Waals surface area contributed by atoms with E-state index in [9.17, 15) is 0 Å². The first-order valence-electron chi connectivity index (χ1n) is 7.39. The number of hydrogen-bond acceptors (Lipinski definition) is 7. The van der Waals surface area contributed by atoms with Crippen molar-refractivity contribution in [3.05, 3.63) is 29.3 Å². The van der Waals surface area contributed by atoms with E-state index in [4.69, 9.17) is 9.26 Å². The lowest BCUT2D eigenvalue weighted by Crippen LogP contribution is -2.31. The van der Waals surface area contributed by atoms with Gasteiger partial charge in [-0.05, 0) is 0 Å². The second kappa shape index (κ2) is 5.64. The summed E-state index contributed by atoms with van der Waals surface area (Å²) in [4.78, 5) is 15.3. The lowest BCUT2D eigenvalue weighted by Gasteiger charge is -2.27. The molecule has 3 rings (SSSR count). The van der Waals surface area contributed by atoms with Crippen molar-refractivity contribution in [1.82, 2.24) is 25.0 Å². The summed E-state index contributed by atoms with van der Waals surface area (Å²) in [6.45, 7) is 8.47. The van der Waals surface area contributed by atoms with E-state index in [2.05, 4.69) is 45.8 Å². The second-order valence-corrected chi connectivity index (χ2v) is 6.53. The molecule has 0 unspecified atom stereocenters. The van der Waals surface area contributed by atoms with E-state index in [0.29, 0.717) is 24.1 Å². The van der Waals surface area contributed by atoms with Crippen molar-refractivity contribution in [2.45, 2.75) is 45.7 Å². The summed E-state index contributed by atoms with van der Waals surface area (Å²) in [5.41, 5.74) is 1.99. The fraction of sp³-hybridized carbons (Fsp3) is 0.600. The molecule has 2 aromatic rings. The molecule has 0 atom stereocenters. The fourth-order valence-corrected chi connectivity index (χ4v) is 2.50. The van der Waals surface area contributed by atoms with Crippen LogP contribution in [0.25, 0.3) is 0 Å². The van der Waals surface area contributed by atoms with Crippen molar-refractivity contribution < 1.29 is 9.26 Å². The van der Waals surface area contributed by atoms with E-state index in [-0.39, 0.29) is 5.41 Å². The molecule has 22 heavy (non-hydrogen) atoms. The Hall–Kier alpha value is -2.02. The zero-order valence-corrected chi connectivity index (χ0v) is 13.5. The van der Waals surface area contributed by atoms with E-state index in [0.717, 1.165) is 30.8 Å². The van der Waals surface area contributed by atoms with Gasteiger partial charge in [0.05, 0.1) is 19.3 Å². The summed E-state index contributed by atoms with van der Waals surface area (Å²) >= 11 is 0. The van der Waals surface area contributed by atoms with Gasteiger partial charge < -0.3 is 9.26 Å². The van der Waals surface area contributed by atoms with Crippen LogP contribution < -0.4 is 4.74 Å². The van der Waals surface area contributed by atoms with Gasteiger partial charge in [0.2, 0.25) is 11.8 Å². The highest BCUT2D eigenvalue weighted by Crippen LogP contribution is 2.25. The molecule has 0 N–H and O–H groups in total. The van der Waals surface area contributed by atoms with Crippen molar-refractivity contribution in [3.8, 4) is 5.88 Å². The molecular formula is C15H21N5O2. The standard InChI is InChI=1S/C15H21N5O2/c1-15(2,3)14-18-12(19-22-14)8-20-6-5-11-10(7-20)13(21-4)17-9-16-11/h9H,5-8H2,1-4H3. The number of ether oxygens (including phenoxy) is 1. The largest absolute Gasteiger partial charge is 0.481 e. The van der Waals surface area contributed by atoms with Crippen LogP contribution >= 0.6 is 0 Å². The quantitative estimate of drug-likeness (QED) is 0.854. The molecule has 0 fully saturated rings. The van der Waals surface area contributed by atoms with E-state index in [1.807, 2.05) is 0 Å². The Bertz CT molecular complexity index is 648. The number of aromatic nitrogens is 4. The number of nitrogens with zero attached hydrogens (tertiary/aromatic N) is 5. The zero-order valence-electron chi connectivity index (χ0n) is 13.5. The zero-order chi connectivity index (χ0) is 15.7. The fourth-order valence-electron chi connectivity index (χ4n) is 2.50. The number of fused-ring (bicyclic) bond motifs is 1. The molecule has 0 spiro atoms. The molecule has 3 heterocycles. The Morgan fingerprint density at radius 2 is 2.14 bits per heavy atom. The minimum absolute atomic E-state index is 0.128. The Balaban J connectivity index is 1.74. The molecule has 1 aliphatic rings. The van der Waals surface area contributed by atoms with Gasteiger partial charge in [0.1, 0.15) is 6.33 Å². The molecule has 0 amide bonds. The van der Waals surface area contributed by atoms with E-state index in [1.165, 1.54) is 0 Å². The van der Waals surface area contributed by atoms with Crippen molar-refractivity contribution in [2.24, 2.45) is 0 Å². The van der Waals surface area contributed by atoms with Crippen molar-refractivity contribution in [2.75, 3.05) is 13.7 Å². The summed E-state index contributed by atoms with van der Waals surface area (Å²) in [5.74, 6) is 2.03. The first kappa shape index (κ1) is 14.9. The molecule has 0 radical (unpaired) electrons. The van der Waals surface area contributed by atoms with Crippen molar-refractivity contribution >= 4 is 0 Å². The molecule has 0 saturated heterocycles. The Labute approximate surface area is 129 Å². The predicted molar refractivity (Wildman–Crippen MR) is 79.4 cm³/mol. The molecule has 7 heteroatoms. The van der Waals surface area contributed by atoms with Gasteiger partial charge in [-0.25, -0.2) is 9.97 Å². The van der Waals surface area contributed by atoms with Crippen molar-refractivity contribution in [3.63, 3.8) is 0 Å². The van der Waals surface area contributed by atoms with Gasteiger partial charge in [-0.15, -0.1) is 0 Å². The minimum atomic E-state index is -0.128. The third kappa shape index (κ3) is 2.94. The van der Waals surface area contributed by atoms with Crippen LogP contribution in [0.15, 0.2) is 10.9 Å². The van der Waals surface area contributed by atoms with Gasteiger partial charge >= 0.3 is 0 Å². The lowest BCUT2D eigenvalue weighted by molar-refractivity contribution is 0.226. The number of hydrogen-bond donors (Lipinski definition) is 0. The Morgan fingerprint density at radius 1 is 1.32 bits per heavy atom. The van der Waals surface area contributed by atoms with E-state index in [1.54, 1.807) is 13.4 Å².